The van der Waals surface area contributed by atoms with Crippen LogP contribution in [-0.2, 0) is 11.3 Å². The van der Waals surface area contributed by atoms with Crippen molar-refractivity contribution in [1.29, 1.82) is 0 Å². The number of hydrogen-bond donors (Lipinski definition) is 1. The van der Waals surface area contributed by atoms with Gasteiger partial charge in [-0.25, -0.2) is 0 Å². The standard InChI is InChI=1S/C21H25N3O3/c1-21(20(26)22-14-5-2-3-6-14)13-23-16(18-7-4-12-27-18)10-11-17(23)19(25)24(21)15-8-9-15/h4,7,10-12,14-15H,2-3,5-6,8-9,13H2,1H3,(H,22,26). The lowest BCUT2D eigenvalue weighted by molar-refractivity contribution is -0.133. The Kier molecular flexibility index (Phi) is 3.71. The Morgan fingerprint density at radius 1 is 1.15 bits per heavy atom. The van der Waals surface area contributed by atoms with Gasteiger partial charge in [-0.1, -0.05) is 12.8 Å². The Hall–Kier alpha value is -2.50. The van der Waals surface area contributed by atoms with Crippen molar-refractivity contribution in [3.05, 3.63) is 36.2 Å². The predicted octanol–water partition coefficient (Wildman–Crippen LogP) is 3.18. The van der Waals surface area contributed by atoms with Gasteiger partial charge < -0.3 is 19.2 Å². The van der Waals surface area contributed by atoms with E-state index in [1.807, 2.05) is 40.7 Å². The van der Waals surface area contributed by atoms with Crippen LogP contribution in [0.2, 0.25) is 0 Å². The van der Waals surface area contributed by atoms with Gasteiger partial charge in [0, 0.05) is 12.1 Å². The molecule has 2 fully saturated rings. The third-order valence-electron chi connectivity index (χ3n) is 6.28. The maximum Gasteiger partial charge on any atom is 0.271 e. The molecule has 6 nitrogen and oxygen atoms in total. The van der Waals surface area contributed by atoms with E-state index in [2.05, 4.69) is 5.32 Å². The molecule has 3 heterocycles. The Labute approximate surface area is 158 Å². The van der Waals surface area contributed by atoms with Crippen molar-refractivity contribution in [2.75, 3.05) is 0 Å². The van der Waals surface area contributed by atoms with Crippen LogP contribution in [0, 0.1) is 0 Å². The first-order chi connectivity index (χ1) is 13.1. The molecule has 3 aliphatic rings. The molecule has 1 unspecified atom stereocenters. The van der Waals surface area contributed by atoms with E-state index in [4.69, 9.17) is 4.42 Å². The molecule has 0 spiro atoms. The minimum atomic E-state index is -0.881. The highest BCUT2D eigenvalue weighted by molar-refractivity contribution is 6.01. The number of carbonyl (C=O) groups is 2. The van der Waals surface area contributed by atoms with Gasteiger partial charge in [0.2, 0.25) is 5.91 Å². The molecule has 5 rings (SSSR count). The van der Waals surface area contributed by atoms with Crippen molar-refractivity contribution in [3.8, 4) is 11.5 Å². The summed E-state index contributed by atoms with van der Waals surface area (Å²) in [6.07, 6.45) is 7.97. The maximum atomic E-state index is 13.4. The zero-order valence-corrected chi connectivity index (χ0v) is 15.6. The number of amides is 2. The predicted molar refractivity (Wildman–Crippen MR) is 100 cm³/mol. The monoisotopic (exact) mass is 367 g/mol. The minimum Gasteiger partial charge on any atom is -0.463 e. The number of nitrogens with zero attached hydrogens (tertiary/aromatic N) is 2. The molecule has 1 N–H and O–H groups in total. The summed E-state index contributed by atoms with van der Waals surface area (Å²) < 4.78 is 7.51. The summed E-state index contributed by atoms with van der Waals surface area (Å²) in [6.45, 7) is 2.37. The van der Waals surface area contributed by atoms with Crippen LogP contribution in [0.4, 0.5) is 0 Å². The normalized spacial score (nSPS) is 25.7. The van der Waals surface area contributed by atoms with Gasteiger partial charge >= 0.3 is 0 Å². The maximum absolute atomic E-state index is 13.4. The first-order valence-electron chi connectivity index (χ1n) is 9.96. The van der Waals surface area contributed by atoms with Crippen LogP contribution in [-0.4, -0.2) is 38.9 Å². The highest BCUT2D eigenvalue weighted by Crippen LogP contribution is 2.40. The van der Waals surface area contributed by atoms with Crippen molar-refractivity contribution >= 4 is 11.8 Å². The van der Waals surface area contributed by atoms with E-state index in [1.54, 1.807) is 6.26 Å². The molecule has 0 saturated heterocycles. The van der Waals surface area contributed by atoms with E-state index < -0.39 is 5.54 Å². The van der Waals surface area contributed by atoms with Crippen LogP contribution in [0.1, 0.15) is 55.9 Å². The van der Waals surface area contributed by atoms with E-state index in [1.165, 1.54) is 0 Å². The SMILES string of the molecule is CC1(C(=O)NC2CCCC2)Cn2c(ccc2-c2ccco2)C(=O)N1C1CC1. The number of carbonyl (C=O) groups excluding carboxylic acids is 2. The zero-order valence-electron chi connectivity index (χ0n) is 15.6. The highest BCUT2D eigenvalue weighted by atomic mass is 16.3. The van der Waals surface area contributed by atoms with Crippen LogP contribution in [0.25, 0.3) is 11.5 Å². The molecule has 2 saturated carbocycles. The van der Waals surface area contributed by atoms with E-state index in [-0.39, 0.29) is 23.9 Å². The lowest BCUT2D eigenvalue weighted by Crippen LogP contribution is -2.65. The quantitative estimate of drug-likeness (QED) is 0.902. The summed E-state index contributed by atoms with van der Waals surface area (Å²) in [7, 11) is 0. The number of fused-ring (bicyclic) bond motifs is 1. The first kappa shape index (κ1) is 16.7. The fourth-order valence-corrected chi connectivity index (χ4v) is 4.69. The second-order valence-corrected chi connectivity index (χ2v) is 8.30. The van der Waals surface area contributed by atoms with Crippen LogP contribution >= 0.6 is 0 Å². The molecule has 27 heavy (non-hydrogen) atoms. The summed E-state index contributed by atoms with van der Waals surface area (Å²) in [5.74, 6) is 0.637. The van der Waals surface area contributed by atoms with Gasteiger partial charge in [0.25, 0.3) is 5.91 Å². The summed E-state index contributed by atoms with van der Waals surface area (Å²) in [5.41, 5.74) is 0.604. The molecule has 2 aliphatic carbocycles. The van der Waals surface area contributed by atoms with Crippen molar-refractivity contribution in [2.24, 2.45) is 0 Å². The number of hydrogen-bond acceptors (Lipinski definition) is 3. The van der Waals surface area contributed by atoms with Gasteiger partial charge in [-0.2, -0.15) is 0 Å². The molecule has 0 radical (unpaired) electrons. The molecule has 2 amide bonds. The average molecular weight is 367 g/mol. The van der Waals surface area contributed by atoms with Crippen molar-refractivity contribution in [2.45, 2.75) is 69.6 Å². The molecule has 2 aromatic rings. The van der Waals surface area contributed by atoms with Gasteiger partial charge in [0.05, 0.1) is 18.5 Å². The zero-order chi connectivity index (χ0) is 18.6. The second-order valence-electron chi connectivity index (χ2n) is 8.30. The smallest absolute Gasteiger partial charge is 0.271 e. The molecule has 1 aliphatic heterocycles. The number of rotatable bonds is 4. The fourth-order valence-electron chi connectivity index (χ4n) is 4.69. The summed E-state index contributed by atoms with van der Waals surface area (Å²) in [4.78, 5) is 28.5. The Balaban J connectivity index is 1.53. The first-order valence-corrected chi connectivity index (χ1v) is 9.96. The van der Waals surface area contributed by atoms with Crippen LogP contribution in [0.3, 0.4) is 0 Å². The second kappa shape index (κ2) is 6.01. The summed E-state index contributed by atoms with van der Waals surface area (Å²) >= 11 is 0. The molecule has 0 aromatic carbocycles. The van der Waals surface area contributed by atoms with Gasteiger partial charge in [0.15, 0.2) is 0 Å². The largest absolute Gasteiger partial charge is 0.463 e. The number of aromatic nitrogens is 1. The van der Waals surface area contributed by atoms with Gasteiger partial charge in [-0.15, -0.1) is 0 Å². The van der Waals surface area contributed by atoms with Gasteiger partial charge in [-0.05, 0) is 56.9 Å². The van der Waals surface area contributed by atoms with E-state index in [0.717, 1.165) is 44.2 Å². The third kappa shape index (κ3) is 2.61. The van der Waals surface area contributed by atoms with Gasteiger partial charge in [0.1, 0.15) is 17.0 Å². The number of furan rings is 1. The molecule has 1 atom stereocenters. The van der Waals surface area contributed by atoms with Crippen molar-refractivity contribution in [1.82, 2.24) is 14.8 Å². The highest BCUT2D eigenvalue weighted by Gasteiger charge is 2.53. The van der Waals surface area contributed by atoms with Crippen LogP contribution < -0.4 is 5.32 Å². The fraction of sp³-hybridized carbons (Fsp3) is 0.524. The minimum absolute atomic E-state index is 0.0283. The third-order valence-corrected chi connectivity index (χ3v) is 6.28. The van der Waals surface area contributed by atoms with Crippen molar-refractivity contribution in [3.63, 3.8) is 0 Å². The van der Waals surface area contributed by atoms with E-state index in [0.29, 0.717) is 18.0 Å². The Morgan fingerprint density at radius 3 is 2.56 bits per heavy atom. The molecule has 2 aromatic heterocycles. The van der Waals surface area contributed by atoms with E-state index in [9.17, 15) is 9.59 Å². The summed E-state index contributed by atoms with van der Waals surface area (Å²) in [5, 5.41) is 3.23. The molecule has 6 heteroatoms. The van der Waals surface area contributed by atoms with E-state index >= 15 is 0 Å². The lowest BCUT2D eigenvalue weighted by Gasteiger charge is -2.45. The molecule has 142 valence electrons. The van der Waals surface area contributed by atoms with Crippen LogP contribution in [0.15, 0.2) is 34.9 Å². The number of nitrogens with one attached hydrogen (secondary N) is 1. The Morgan fingerprint density at radius 2 is 1.89 bits per heavy atom. The molecular formula is C21H25N3O3. The van der Waals surface area contributed by atoms with Crippen LogP contribution in [0.5, 0.6) is 0 Å². The topological polar surface area (TPSA) is 67.5 Å². The lowest BCUT2D eigenvalue weighted by atomic mass is 9.93. The molecular weight excluding hydrogens is 342 g/mol. The molecule has 0 bridgehead atoms. The van der Waals surface area contributed by atoms with Crippen molar-refractivity contribution < 1.29 is 14.0 Å². The van der Waals surface area contributed by atoms with Gasteiger partial charge in [-0.3, -0.25) is 9.59 Å². The summed E-state index contributed by atoms with van der Waals surface area (Å²) in [6, 6.07) is 7.90. The Bertz CT molecular complexity index is 875. The average Bonchev–Trinajstić information content (AvgIpc) is 3.08.